The highest BCUT2D eigenvalue weighted by atomic mass is 28.4. The van der Waals surface area contributed by atoms with E-state index in [2.05, 4.69) is 0 Å². The monoisotopic (exact) mass is 400 g/mol. The van der Waals surface area contributed by atoms with Gasteiger partial charge >= 0.3 is 14.8 Å². The Bertz CT molecular complexity index is 591. The van der Waals surface area contributed by atoms with Crippen molar-refractivity contribution in [2.45, 2.75) is 39.7 Å². The third-order valence-corrected chi connectivity index (χ3v) is 6.75. The normalized spacial score (nSPS) is 11.9. The van der Waals surface area contributed by atoms with E-state index in [0.717, 1.165) is 12.5 Å². The van der Waals surface area contributed by atoms with E-state index in [1.807, 2.05) is 20.8 Å². The number of carboxylic acids is 1. The van der Waals surface area contributed by atoms with E-state index in [-0.39, 0.29) is 5.75 Å². The van der Waals surface area contributed by atoms with Crippen LogP contribution in [-0.2, 0) is 18.1 Å². The van der Waals surface area contributed by atoms with Crippen LogP contribution in [0, 0.1) is 5.82 Å². The van der Waals surface area contributed by atoms with Gasteiger partial charge in [0.2, 0.25) is 0 Å². The molecular weight excluding hydrogens is 371 g/mol. The summed E-state index contributed by atoms with van der Waals surface area (Å²) in [5.74, 6) is -1.46. The number of unbranched alkanes of at least 4 members (excludes halogenated alkanes) is 1. The highest BCUT2D eigenvalue weighted by molar-refractivity contribution is 6.60. The van der Waals surface area contributed by atoms with Crippen molar-refractivity contribution in [1.82, 2.24) is 0 Å². The lowest BCUT2D eigenvalue weighted by atomic mass is 10.2. The smallest absolute Gasteiger partial charge is 0.491 e. The van der Waals surface area contributed by atoms with E-state index < -0.39 is 20.6 Å². The van der Waals surface area contributed by atoms with Crippen molar-refractivity contribution >= 4 is 20.8 Å². The van der Waals surface area contributed by atoms with Gasteiger partial charge in [-0.05, 0) is 57.4 Å². The largest absolute Gasteiger partial charge is 0.500 e. The minimum atomic E-state index is -2.65. The number of rotatable bonds is 14. The van der Waals surface area contributed by atoms with Crippen LogP contribution in [0.3, 0.4) is 0 Å². The average Bonchev–Trinajstić information content (AvgIpc) is 2.62. The van der Waals surface area contributed by atoms with Gasteiger partial charge in [0, 0.05) is 31.9 Å². The van der Waals surface area contributed by atoms with Crippen molar-refractivity contribution in [2.75, 3.05) is 26.4 Å². The zero-order valence-electron chi connectivity index (χ0n) is 16.2. The zero-order chi connectivity index (χ0) is 20.1. The summed E-state index contributed by atoms with van der Waals surface area (Å²) < 4.78 is 36.9. The summed E-state index contributed by atoms with van der Waals surface area (Å²) in [7, 11) is -2.65. The van der Waals surface area contributed by atoms with Gasteiger partial charge in [0.1, 0.15) is 0 Å². The first-order valence-corrected chi connectivity index (χ1v) is 11.1. The summed E-state index contributed by atoms with van der Waals surface area (Å²) >= 11 is 0. The molecule has 8 heteroatoms. The SMILES string of the molecule is CCO[Si](CCCCOc1ccc(/C=C/C(=O)O)cc1F)(OCC)OCC. The van der Waals surface area contributed by atoms with E-state index in [9.17, 15) is 9.18 Å². The molecule has 1 rings (SSSR count). The minimum Gasteiger partial charge on any atom is -0.491 e. The van der Waals surface area contributed by atoms with Crippen LogP contribution in [0.15, 0.2) is 24.3 Å². The standard InChI is InChI=1S/C19H29FO6Si/c1-4-24-27(25-5-2,26-6-3)14-8-7-13-23-18-11-9-16(15-17(18)20)10-12-19(21)22/h9-12,15H,4-8,13-14H2,1-3H3,(H,21,22)/b12-10+. The summed E-state index contributed by atoms with van der Waals surface area (Å²) in [4.78, 5) is 10.5. The van der Waals surface area contributed by atoms with Crippen LogP contribution in [0.1, 0.15) is 39.2 Å². The van der Waals surface area contributed by atoms with Crippen molar-refractivity contribution in [2.24, 2.45) is 0 Å². The second-order valence-electron chi connectivity index (χ2n) is 5.65. The highest BCUT2D eigenvalue weighted by Crippen LogP contribution is 2.21. The molecule has 152 valence electrons. The predicted molar refractivity (Wildman–Crippen MR) is 103 cm³/mol. The molecule has 0 fully saturated rings. The molecule has 0 heterocycles. The van der Waals surface area contributed by atoms with Gasteiger partial charge < -0.3 is 23.1 Å². The van der Waals surface area contributed by atoms with Gasteiger partial charge in [-0.25, -0.2) is 9.18 Å². The van der Waals surface area contributed by atoms with Crippen LogP contribution in [0.5, 0.6) is 5.75 Å². The first-order valence-electron chi connectivity index (χ1n) is 9.21. The second kappa shape index (κ2) is 12.6. The summed E-state index contributed by atoms with van der Waals surface area (Å²) in [6.07, 6.45) is 3.78. The maximum atomic E-state index is 14.0. The molecule has 0 aromatic heterocycles. The highest BCUT2D eigenvalue weighted by Gasteiger charge is 2.39. The number of carbonyl (C=O) groups is 1. The van der Waals surface area contributed by atoms with Gasteiger partial charge in [-0.3, -0.25) is 0 Å². The minimum absolute atomic E-state index is 0.144. The van der Waals surface area contributed by atoms with Gasteiger partial charge in [-0.15, -0.1) is 0 Å². The Morgan fingerprint density at radius 3 is 2.26 bits per heavy atom. The van der Waals surface area contributed by atoms with Crippen LogP contribution >= 0.6 is 0 Å². The molecule has 1 aromatic rings. The first kappa shape index (κ1) is 23.3. The van der Waals surface area contributed by atoms with Gasteiger partial charge in [-0.1, -0.05) is 6.07 Å². The molecule has 0 aliphatic carbocycles. The van der Waals surface area contributed by atoms with E-state index in [1.165, 1.54) is 18.2 Å². The lowest BCUT2D eigenvalue weighted by molar-refractivity contribution is -0.131. The number of carboxylic acid groups (broad SMARTS) is 1. The average molecular weight is 401 g/mol. The van der Waals surface area contributed by atoms with E-state index in [1.54, 1.807) is 6.07 Å². The van der Waals surface area contributed by atoms with Crippen LogP contribution in [0.4, 0.5) is 4.39 Å². The predicted octanol–water partition coefficient (Wildman–Crippen LogP) is 4.13. The fraction of sp³-hybridized carbons (Fsp3) is 0.526. The molecule has 0 radical (unpaired) electrons. The number of aliphatic carboxylic acids is 1. The molecule has 0 aliphatic rings. The Hall–Kier alpha value is -1.74. The van der Waals surface area contributed by atoms with Crippen molar-refractivity contribution in [3.63, 3.8) is 0 Å². The fourth-order valence-corrected chi connectivity index (χ4v) is 5.22. The van der Waals surface area contributed by atoms with Gasteiger partial charge in [0.25, 0.3) is 0 Å². The summed E-state index contributed by atoms with van der Waals surface area (Å²) in [6.45, 7) is 7.73. The molecule has 0 aliphatic heterocycles. The van der Waals surface area contributed by atoms with Crippen molar-refractivity contribution < 1.29 is 32.3 Å². The Labute approximate surface area is 161 Å². The topological polar surface area (TPSA) is 74.2 Å². The maximum Gasteiger partial charge on any atom is 0.500 e. The maximum absolute atomic E-state index is 14.0. The van der Waals surface area contributed by atoms with Gasteiger partial charge in [-0.2, -0.15) is 0 Å². The Morgan fingerprint density at radius 2 is 1.74 bits per heavy atom. The number of hydrogen-bond acceptors (Lipinski definition) is 5. The zero-order valence-corrected chi connectivity index (χ0v) is 17.2. The van der Waals surface area contributed by atoms with Gasteiger partial charge in [0.05, 0.1) is 6.61 Å². The molecule has 0 atom stereocenters. The van der Waals surface area contributed by atoms with E-state index >= 15 is 0 Å². The molecule has 1 aromatic carbocycles. The van der Waals surface area contributed by atoms with Crippen LogP contribution < -0.4 is 4.74 Å². The first-order chi connectivity index (χ1) is 13.0. The molecule has 0 bridgehead atoms. The molecule has 0 saturated carbocycles. The Balaban J connectivity index is 2.49. The van der Waals surface area contributed by atoms with Crippen molar-refractivity contribution in [3.05, 3.63) is 35.7 Å². The molecule has 1 N–H and O–H groups in total. The number of hydrogen-bond donors (Lipinski definition) is 1. The van der Waals surface area contributed by atoms with Crippen molar-refractivity contribution in [1.29, 1.82) is 0 Å². The molecule has 0 amide bonds. The fourth-order valence-electron chi connectivity index (χ4n) is 2.53. The van der Waals surface area contributed by atoms with Crippen molar-refractivity contribution in [3.8, 4) is 5.75 Å². The lowest BCUT2D eigenvalue weighted by Crippen LogP contribution is -2.45. The van der Waals surface area contributed by atoms with E-state index in [0.29, 0.717) is 44.5 Å². The van der Waals surface area contributed by atoms with E-state index in [4.69, 9.17) is 23.1 Å². The Morgan fingerprint density at radius 1 is 1.11 bits per heavy atom. The lowest BCUT2D eigenvalue weighted by Gasteiger charge is -2.28. The van der Waals surface area contributed by atoms with Gasteiger partial charge in [0.15, 0.2) is 11.6 Å². The quantitative estimate of drug-likeness (QED) is 0.288. The third-order valence-electron chi connectivity index (χ3n) is 3.60. The van der Waals surface area contributed by atoms with Crippen LogP contribution in [0.25, 0.3) is 6.08 Å². The molecule has 6 nitrogen and oxygen atoms in total. The molecule has 27 heavy (non-hydrogen) atoms. The van der Waals surface area contributed by atoms with Crippen LogP contribution in [-0.4, -0.2) is 46.3 Å². The molecule has 0 spiro atoms. The summed E-state index contributed by atoms with van der Waals surface area (Å²) in [5.41, 5.74) is 0.461. The summed E-state index contributed by atoms with van der Waals surface area (Å²) in [6, 6.07) is 5.03. The molecular formula is C19H29FO6Si. The third kappa shape index (κ3) is 8.66. The summed E-state index contributed by atoms with van der Waals surface area (Å²) in [5, 5.41) is 8.59. The number of ether oxygens (including phenoxy) is 1. The Kier molecular flexibility index (Phi) is 10.9. The number of halogens is 1. The molecule has 0 saturated heterocycles. The second-order valence-corrected chi connectivity index (χ2v) is 8.38. The number of benzene rings is 1. The molecule has 0 unspecified atom stereocenters. The van der Waals surface area contributed by atoms with Crippen LogP contribution in [0.2, 0.25) is 6.04 Å².